The number of thioether (sulfide) groups is 1. The van der Waals surface area contributed by atoms with E-state index in [0.29, 0.717) is 12.5 Å². The van der Waals surface area contributed by atoms with Gasteiger partial charge < -0.3 is 14.8 Å². The third kappa shape index (κ3) is 5.02. The normalized spacial score (nSPS) is 18.3. The van der Waals surface area contributed by atoms with Crippen molar-refractivity contribution in [1.82, 2.24) is 19.8 Å². The lowest BCUT2D eigenvalue weighted by molar-refractivity contribution is -0.122. The molecule has 0 radical (unpaired) electrons. The number of carbonyl (C=O) groups excluding carboxylic acids is 1. The summed E-state index contributed by atoms with van der Waals surface area (Å²) < 4.78 is 2.06. The van der Waals surface area contributed by atoms with Gasteiger partial charge >= 0.3 is 0 Å². The van der Waals surface area contributed by atoms with Crippen LogP contribution in [0.5, 0.6) is 0 Å². The first-order chi connectivity index (χ1) is 10.6. The highest BCUT2D eigenvalue weighted by Crippen LogP contribution is 2.15. The summed E-state index contributed by atoms with van der Waals surface area (Å²) in [5.41, 5.74) is 0. The standard InChI is InChI=1S/C16H28N4OS/c1-13(20-9-6-17-14(20)2)12-16(21)18-15-4-7-19(8-5-15)10-11-22-3/h6,9,13,15H,4-5,7-8,10-12H2,1-3H3,(H,18,21). The van der Waals surface area contributed by atoms with E-state index in [4.69, 9.17) is 0 Å². The van der Waals surface area contributed by atoms with Gasteiger partial charge in [-0.25, -0.2) is 4.98 Å². The molecular weight excluding hydrogens is 296 g/mol. The van der Waals surface area contributed by atoms with Gasteiger partial charge in [-0.15, -0.1) is 0 Å². The fraction of sp³-hybridized carbons (Fsp3) is 0.750. The summed E-state index contributed by atoms with van der Waals surface area (Å²) >= 11 is 1.89. The van der Waals surface area contributed by atoms with Crippen LogP contribution >= 0.6 is 11.8 Å². The van der Waals surface area contributed by atoms with Gasteiger partial charge in [0.25, 0.3) is 0 Å². The number of imidazole rings is 1. The first-order valence-corrected chi connectivity index (χ1v) is 9.49. The highest BCUT2D eigenvalue weighted by atomic mass is 32.2. The maximum Gasteiger partial charge on any atom is 0.222 e. The molecule has 2 heterocycles. The van der Waals surface area contributed by atoms with E-state index in [1.54, 1.807) is 6.20 Å². The number of rotatable bonds is 7. The maximum atomic E-state index is 12.2. The predicted octanol–water partition coefficient (Wildman–Crippen LogP) is 2.09. The smallest absolute Gasteiger partial charge is 0.222 e. The van der Waals surface area contributed by atoms with Crippen LogP contribution in [-0.4, -0.2) is 58.0 Å². The Morgan fingerprint density at radius 2 is 2.23 bits per heavy atom. The molecule has 124 valence electrons. The van der Waals surface area contributed by atoms with Crippen molar-refractivity contribution >= 4 is 17.7 Å². The summed E-state index contributed by atoms with van der Waals surface area (Å²) in [4.78, 5) is 18.9. The number of nitrogens with one attached hydrogen (secondary N) is 1. The van der Waals surface area contributed by atoms with Crippen LogP contribution in [0.15, 0.2) is 12.4 Å². The number of amides is 1. The van der Waals surface area contributed by atoms with E-state index in [2.05, 4.69) is 32.9 Å². The molecule has 1 fully saturated rings. The molecule has 0 aliphatic carbocycles. The molecular formula is C16H28N4OS. The van der Waals surface area contributed by atoms with Gasteiger partial charge in [-0.05, 0) is 32.9 Å². The number of aryl methyl sites for hydroxylation is 1. The van der Waals surface area contributed by atoms with Crippen LogP contribution in [0, 0.1) is 6.92 Å². The zero-order valence-electron chi connectivity index (χ0n) is 13.9. The second kappa shape index (κ2) is 8.58. The molecule has 1 unspecified atom stereocenters. The third-order valence-corrected chi connectivity index (χ3v) is 4.97. The van der Waals surface area contributed by atoms with Crippen LogP contribution in [-0.2, 0) is 4.79 Å². The minimum atomic E-state index is 0.156. The number of carbonyl (C=O) groups is 1. The molecule has 0 aromatic carbocycles. The monoisotopic (exact) mass is 324 g/mol. The van der Waals surface area contributed by atoms with Crippen LogP contribution in [0.4, 0.5) is 0 Å². The first-order valence-electron chi connectivity index (χ1n) is 8.10. The number of piperidine rings is 1. The van der Waals surface area contributed by atoms with Crippen LogP contribution in [0.2, 0.25) is 0 Å². The highest BCUT2D eigenvalue weighted by molar-refractivity contribution is 7.98. The summed E-state index contributed by atoms with van der Waals surface area (Å²) in [6.07, 6.45) is 8.53. The number of aromatic nitrogens is 2. The van der Waals surface area contributed by atoms with Crippen LogP contribution in [0.1, 0.15) is 38.1 Å². The van der Waals surface area contributed by atoms with Gasteiger partial charge in [0.15, 0.2) is 0 Å². The van der Waals surface area contributed by atoms with E-state index in [-0.39, 0.29) is 11.9 Å². The van der Waals surface area contributed by atoms with Crippen molar-refractivity contribution in [3.63, 3.8) is 0 Å². The van der Waals surface area contributed by atoms with Gasteiger partial charge in [-0.3, -0.25) is 4.79 Å². The molecule has 22 heavy (non-hydrogen) atoms. The van der Waals surface area contributed by atoms with Gasteiger partial charge in [-0.2, -0.15) is 11.8 Å². The molecule has 0 spiro atoms. The third-order valence-electron chi connectivity index (χ3n) is 4.38. The van der Waals surface area contributed by atoms with Crippen molar-refractivity contribution in [3.8, 4) is 0 Å². The van der Waals surface area contributed by atoms with Gasteiger partial charge in [0, 0.05) is 56.3 Å². The predicted molar refractivity (Wildman–Crippen MR) is 92.3 cm³/mol. The van der Waals surface area contributed by atoms with Gasteiger partial charge in [0.2, 0.25) is 5.91 Å². The summed E-state index contributed by atoms with van der Waals surface area (Å²) in [6, 6.07) is 0.498. The molecule has 5 nitrogen and oxygen atoms in total. The molecule has 1 N–H and O–H groups in total. The van der Waals surface area contributed by atoms with Crippen LogP contribution in [0.25, 0.3) is 0 Å². The lowest BCUT2D eigenvalue weighted by Crippen LogP contribution is -2.45. The lowest BCUT2D eigenvalue weighted by Gasteiger charge is -2.32. The highest BCUT2D eigenvalue weighted by Gasteiger charge is 2.21. The molecule has 1 saturated heterocycles. The Morgan fingerprint density at radius 1 is 1.50 bits per heavy atom. The van der Waals surface area contributed by atoms with E-state index >= 15 is 0 Å². The van der Waals surface area contributed by atoms with E-state index in [1.165, 1.54) is 12.3 Å². The van der Waals surface area contributed by atoms with Gasteiger partial charge in [0.05, 0.1) is 0 Å². The second-order valence-electron chi connectivity index (χ2n) is 6.11. The van der Waals surface area contributed by atoms with Crippen molar-refractivity contribution in [2.75, 3.05) is 31.6 Å². The topological polar surface area (TPSA) is 50.2 Å². The molecule has 1 atom stereocenters. The summed E-state index contributed by atoms with van der Waals surface area (Å²) in [7, 11) is 0. The number of likely N-dealkylation sites (tertiary alicyclic amines) is 1. The molecule has 0 bridgehead atoms. The molecule has 1 amide bonds. The SMILES string of the molecule is CSCCN1CCC(NC(=O)CC(C)n2ccnc2C)CC1. The Morgan fingerprint density at radius 3 is 2.82 bits per heavy atom. The fourth-order valence-corrected chi connectivity index (χ4v) is 3.47. The number of hydrogen-bond acceptors (Lipinski definition) is 4. The van der Waals surface area contributed by atoms with Crippen LogP contribution in [0.3, 0.4) is 0 Å². The van der Waals surface area contributed by atoms with Crippen LogP contribution < -0.4 is 5.32 Å². The van der Waals surface area contributed by atoms with Gasteiger partial charge in [0.1, 0.15) is 5.82 Å². The lowest BCUT2D eigenvalue weighted by atomic mass is 10.0. The average molecular weight is 324 g/mol. The fourth-order valence-electron chi connectivity index (χ4n) is 3.03. The molecule has 1 aliphatic rings. The molecule has 1 aromatic rings. The molecule has 1 aliphatic heterocycles. The minimum Gasteiger partial charge on any atom is -0.353 e. The zero-order chi connectivity index (χ0) is 15.9. The van der Waals surface area contributed by atoms with Crippen molar-refractivity contribution in [2.45, 2.75) is 45.2 Å². The Labute approximate surface area is 137 Å². The minimum absolute atomic E-state index is 0.156. The number of hydrogen-bond donors (Lipinski definition) is 1. The molecule has 6 heteroatoms. The molecule has 1 aromatic heterocycles. The summed E-state index contributed by atoms with van der Waals surface area (Å²) in [5, 5.41) is 3.20. The Kier molecular flexibility index (Phi) is 6.76. The van der Waals surface area contributed by atoms with E-state index in [0.717, 1.165) is 31.8 Å². The average Bonchev–Trinajstić information content (AvgIpc) is 2.92. The van der Waals surface area contributed by atoms with E-state index in [9.17, 15) is 4.79 Å². The Balaban J connectivity index is 1.71. The molecule has 2 rings (SSSR count). The Bertz CT molecular complexity index is 468. The van der Waals surface area contributed by atoms with Crippen molar-refractivity contribution in [1.29, 1.82) is 0 Å². The quantitative estimate of drug-likeness (QED) is 0.834. The van der Waals surface area contributed by atoms with E-state index < -0.39 is 0 Å². The Hall–Kier alpha value is -1.01. The van der Waals surface area contributed by atoms with Crippen molar-refractivity contribution < 1.29 is 4.79 Å². The summed E-state index contributed by atoms with van der Waals surface area (Å²) in [6.45, 7) is 7.40. The second-order valence-corrected chi connectivity index (χ2v) is 7.10. The van der Waals surface area contributed by atoms with Crippen molar-refractivity contribution in [2.24, 2.45) is 0 Å². The largest absolute Gasteiger partial charge is 0.353 e. The molecule has 0 saturated carbocycles. The zero-order valence-corrected chi connectivity index (χ0v) is 14.7. The van der Waals surface area contributed by atoms with Crippen molar-refractivity contribution in [3.05, 3.63) is 18.2 Å². The number of nitrogens with zero attached hydrogens (tertiary/aromatic N) is 3. The summed E-state index contributed by atoms with van der Waals surface area (Å²) in [5.74, 6) is 2.31. The first kappa shape index (κ1) is 17.3. The van der Waals surface area contributed by atoms with Gasteiger partial charge in [-0.1, -0.05) is 0 Å². The van der Waals surface area contributed by atoms with E-state index in [1.807, 2.05) is 24.9 Å². The maximum absolute atomic E-state index is 12.2.